The zero-order chi connectivity index (χ0) is 43.7. The van der Waals surface area contributed by atoms with Crippen LogP contribution in [-0.2, 0) is 28.6 Å². The van der Waals surface area contributed by atoms with Gasteiger partial charge in [-0.05, 0) is 77.0 Å². The Bertz CT molecular complexity index is 1060. The third-order valence-corrected chi connectivity index (χ3v) is 11.1. The van der Waals surface area contributed by atoms with E-state index in [2.05, 4.69) is 69.4 Å². The summed E-state index contributed by atoms with van der Waals surface area (Å²) < 4.78 is 16.7. The van der Waals surface area contributed by atoms with Gasteiger partial charge in [-0.2, -0.15) is 0 Å². The van der Waals surface area contributed by atoms with E-state index in [-0.39, 0.29) is 31.1 Å². The van der Waals surface area contributed by atoms with Crippen LogP contribution in [0.3, 0.4) is 0 Å². The highest BCUT2D eigenvalue weighted by atomic mass is 16.6. The van der Waals surface area contributed by atoms with E-state index in [0.717, 1.165) is 96.3 Å². The van der Waals surface area contributed by atoms with Crippen LogP contribution in [0.1, 0.15) is 258 Å². The quantitative estimate of drug-likeness (QED) is 0.0263. The first-order chi connectivity index (χ1) is 29.5. The second-order valence-electron chi connectivity index (χ2n) is 17.1. The molecule has 6 nitrogen and oxygen atoms in total. The summed E-state index contributed by atoms with van der Waals surface area (Å²) in [5.41, 5.74) is 0. The van der Waals surface area contributed by atoms with Crippen molar-refractivity contribution in [1.82, 2.24) is 0 Å². The van der Waals surface area contributed by atoms with Crippen molar-refractivity contribution in [3.05, 3.63) is 48.6 Å². The molecule has 0 rings (SSSR count). The number of esters is 3. The predicted molar refractivity (Wildman–Crippen MR) is 256 cm³/mol. The largest absolute Gasteiger partial charge is 0.462 e. The standard InChI is InChI=1S/C54H96O6/c1-4-7-10-13-16-19-21-23-25-26-27-29-30-32-35-38-41-44-47-53(56)59-50-51(49-58-52(55)46-43-40-37-34-18-15-12-9-6-3)60-54(57)48-45-42-39-36-33-31-28-24-22-20-17-14-11-8-5-2/h8,11,17,20,24-26,28,51H,4-7,9-10,12-16,18-19,21-23,27,29-50H2,1-3H3/b11-8-,20-17-,26-25-,28-24-. The van der Waals surface area contributed by atoms with Gasteiger partial charge in [-0.15, -0.1) is 0 Å². The Morgan fingerprint density at radius 3 is 1.03 bits per heavy atom. The number of carbonyl (C=O) groups is 3. The number of ether oxygens (including phenoxy) is 3. The molecule has 0 aliphatic carbocycles. The first-order valence-electron chi connectivity index (χ1n) is 25.6. The third-order valence-electron chi connectivity index (χ3n) is 11.1. The summed E-state index contributed by atoms with van der Waals surface area (Å²) in [5, 5.41) is 0. The maximum Gasteiger partial charge on any atom is 0.306 e. The van der Waals surface area contributed by atoms with Gasteiger partial charge < -0.3 is 14.2 Å². The van der Waals surface area contributed by atoms with E-state index in [9.17, 15) is 14.4 Å². The average Bonchev–Trinajstić information content (AvgIpc) is 3.24. The van der Waals surface area contributed by atoms with Gasteiger partial charge in [-0.1, -0.05) is 211 Å². The van der Waals surface area contributed by atoms with Gasteiger partial charge in [0.25, 0.3) is 0 Å². The lowest BCUT2D eigenvalue weighted by molar-refractivity contribution is -0.167. The molecule has 0 N–H and O–H groups in total. The van der Waals surface area contributed by atoms with Crippen molar-refractivity contribution in [2.45, 2.75) is 264 Å². The van der Waals surface area contributed by atoms with Crippen LogP contribution in [0.4, 0.5) is 0 Å². The molecule has 0 heterocycles. The SMILES string of the molecule is CC/C=C\C/C=C\C/C=C\CCCCCCCC(=O)OC(COC(=O)CCCCCCCCC/C=C\CCCCCCCCC)COC(=O)CCCCCCCCCCC. The maximum atomic E-state index is 12.8. The zero-order valence-electron chi connectivity index (χ0n) is 39.7. The number of carbonyl (C=O) groups excluding carboxylic acids is 3. The lowest BCUT2D eigenvalue weighted by Gasteiger charge is -2.18. The summed E-state index contributed by atoms with van der Waals surface area (Å²) in [7, 11) is 0. The van der Waals surface area contributed by atoms with E-state index in [0.29, 0.717) is 19.3 Å². The van der Waals surface area contributed by atoms with Crippen molar-refractivity contribution in [1.29, 1.82) is 0 Å². The van der Waals surface area contributed by atoms with Gasteiger partial charge >= 0.3 is 17.9 Å². The Morgan fingerprint density at radius 2 is 0.650 bits per heavy atom. The monoisotopic (exact) mass is 841 g/mol. The molecule has 0 aromatic carbocycles. The second kappa shape index (κ2) is 49.0. The van der Waals surface area contributed by atoms with E-state index < -0.39 is 6.10 Å². The van der Waals surface area contributed by atoms with Gasteiger partial charge in [0.05, 0.1) is 0 Å². The molecule has 0 aromatic rings. The molecule has 1 atom stereocenters. The molecule has 348 valence electrons. The molecule has 0 bridgehead atoms. The molecule has 60 heavy (non-hydrogen) atoms. The van der Waals surface area contributed by atoms with Crippen molar-refractivity contribution in [3.63, 3.8) is 0 Å². The molecule has 0 radical (unpaired) electrons. The van der Waals surface area contributed by atoms with Crippen LogP contribution in [0.15, 0.2) is 48.6 Å². The van der Waals surface area contributed by atoms with Crippen LogP contribution in [0.2, 0.25) is 0 Å². The van der Waals surface area contributed by atoms with Gasteiger partial charge in [0.1, 0.15) is 13.2 Å². The number of hydrogen-bond acceptors (Lipinski definition) is 6. The second-order valence-corrected chi connectivity index (χ2v) is 17.1. The molecule has 0 saturated carbocycles. The summed E-state index contributed by atoms with van der Waals surface area (Å²) in [5.74, 6) is -0.898. The first-order valence-corrected chi connectivity index (χ1v) is 25.6. The van der Waals surface area contributed by atoms with E-state index in [4.69, 9.17) is 14.2 Å². The van der Waals surface area contributed by atoms with Crippen LogP contribution >= 0.6 is 0 Å². The minimum Gasteiger partial charge on any atom is -0.462 e. The van der Waals surface area contributed by atoms with Gasteiger partial charge in [0, 0.05) is 19.3 Å². The van der Waals surface area contributed by atoms with Crippen molar-refractivity contribution < 1.29 is 28.6 Å². The Labute approximate surface area is 371 Å². The maximum absolute atomic E-state index is 12.8. The predicted octanol–water partition coefficient (Wildman–Crippen LogP) is 16.7. The van der Waals surface area contributed by atoms with Gasteiger partial charge in [0.15, 0.2) is 6.10 Å². The number of rotatable bonds is 46. The summed E-state index contributed by atoms with van der Waals surface area (Å²) >= 11 is 0. The molecule has 1 unspecified atom stereocenters. The van der Waals surface area contributed by atoms with Crippen molar-refractivity contribution in [2.24, 2.45) is 0 Å². The van der Waals surface area contributed by atoms with Crippen molar-refractivity contribution in [2.75, 3.05) is 13.2 Å². The molecule has 0 fully saturated rings. The molecule has 0 aromatic heterocycles. The molecule has 6 heteroatoms. The normalized spacial score (nSPS) is 12.4. The van der Waals surface area contributed by atoms with Crippen LogP contribution < -0.4 is 0 Å². The summed E-state index contributed by atoms with van der Waals surface area (Å²) in [6.45, 7) is 6.50. The number of hydrogen-bond donors (Lipinski definition) is 0. The van der Waals surface area contributed by atoms with Gasteiger partial charge in [-0.25, -0.2) is 0 Å². The lowest BCUT2D eigenvalue weighted by atomic mass is 10.1. The molecular formula is C54H96O6. The minimum atomic E-state index is -0.780. The highest BCUT2D eigenvalue weighted by molar-refractivity contribution is 5.71. The Hall–Kier alpha value is -2.63. The van der Waals surface area contributed by atoms with Crippen molar-refractivity contribution >= 4 is 17.9 Å². The van der Waals surface area contributed by atoms with Crippen molar-refractivity contribution in [3.8, 4) is 0 Å². The Balaban J connectivity index is 4.33. The third kappa shape index (κ3) is 46.4. The minimum absolute atomic E-state index is 0.0799. The van der Waals surface area contributed by atoms with Crippen LogP contribution in [0.25, 0.3) is 0 Å². The topological polar surface area (TPSA) is 78.9 Å². The summed E-state index contributed by atoms with van der Waals surface area (Å²) in [6.07, 6.45) is 58.1. The Kier molecular flexibility index (Phi) is 46.9. The van der Waals surface area contributed by atoms with Crippen LogP contribution in [0, 0.1) is 0 Å². The lowest BCUT2D eigenvalue weighted by Crippen LogP contribution is -2.30. The van der Waals surface area contributed by atoms with Crippen LogP contribution in [-0.4, -0.2) is 37.2 Å². The molecule has 0 aliphatic rings. The molecule has 0 amide bonds. The van der Waals surface area contributed by atoms with E-state index in [1.165, 1.54) is 122 Å². The fourth-order valence-corrected chi connectivity index (χ4v) is 7.22. The number of allylic oxidation sites excluding steroid dienone is 8. The highest BCUT2D eigenvalue weighted by Crippen LogP contribution is 2.15. The van der Waals surface area contributed by atoms with Gasteiger partial charge in [-0.3, -0.25) is 14.4 Å². The Morgan fingerprint density at radius 1 is 0.350 bits per heavy atom. The fourth-order valence-electron chi connectivity index (χ4n) is 7.22. The van der Waals surface area contributed by atoms with E-state index in [1.54, 1.807) is 0 Å². The smallest absolute Gasteiger partial charge is 0.306 e. The fraction of sp³-hybridized carbons (Fsp3) is 0.796. The molecule has 0 spiro atoms. The first kappa shape index (κ1) is 57.4. The van der Waals surface area contributed by atoms with E-state index in [1.807, 2.05) is 0 Å². The molecule has 0 aliphatic heterocycles. The molecular weight excluding hydrogens is 745 g/mol. The summed E-state index contributed by atoms with van der Waals surface area (Å²) in [6, 6.07) is 0. The van der Waals surface area contributed by atoms with Gasteiger partial charge in [0.2, 0.25) is 0 Å². The molecule has 0 saturated heterocycles. The average molecular weight is 841 g/mol. The van der Waals surface area contributed by atoms with E-state index >= 15 is 0 Å². The zero-order valence-corrected chi connectivity index (χ0v) is 39.7. The number of unbranched alkanes of at least 4 members (excludes halogenated alkanes) is 27. The highest BCUT2D eigenvalue weighted by Gasteiger charge is 2.19. The summed E-state index contributed by atoms with van der Waals surface area (Å²) in [4.78, 5) is 37.9. The van der Waals surface area contributed by atoms with Crippen LogP contribution in [0.5, 0.6) is 0 Å².